The Kier molecular flexibility index (Phi) is 6.35. The van der Waals surface area contributed by atoms with E-state index < -0.39 is 15.7 Å². The van der Waals surface area contributed by atoms with E-state index in [0.29, 0.717) is 11.4 Å². The van der Waals surface area contributed by atoms with Crippen LogP contribution in [0.25, 0.3) is 0 Å². The van der Waals surface area contributed by atoms with Crippen molar-refractivity contribution in [2.24, 2.45) is 5.73 Å². The first kappa shape index (κ1) is 23.4. The Labute approximate surface area is 197 Å². The number of likely N-dealkylation sites (N-methyl/N-ethyl adjacent to an activating group) is 1. The van der Waals surface area contributed by atoms with Gasteiger partial charge in [-0.1, -0.05) is 12.1 Å². The number of aromatic nitrogens is 3. The molecule has 2 aromatic carbocycles. The number of para-hydroxylation sites is 1. The molecule has 0 fully saturated rings. The lowest BCUT2D eigenvalue weighted by atomic mass is 9.99. The number of carbonyl (C=O) groups is 1. The molecule has 0 bridgehead atoms. The van der Waals surface area contributed by atoms with Gasteiger partial charge in [0.2, 0.25) is 5.95 Å². The highest BCUT2D eigenvalue weighted by Gasteiger charge is 2.21. The van der Waals surface area contributed by atoms with Crippen LogP contribution in [0.5, 0.6) is 5.75 Å². The molecule has 0 atom stereocenters. The Morgan fingerprint density at radius 2 is 1.88 bits per heavy atom. The van der Waals surface area contributed by atoms with Crippen LogP contribution in [0.4, 0.5) is 23.1 Å². The van der Waals surface area contributed by atoms with Gasteiger partial charge in [0, 0.05) is 19.3 Å². The molecule has 12 heteroatoms. The molecule has 1 amide bonds. The number of ether oxygens (including phenoxy) is 1. The van der Waals surface area contributed by atoms with Gasteiger partial charge in [-0.05, 0) is 48.9 Å². The molecular formula is C22H25N7O4S. The second kappa shape index (κ2) is 9.23. The van der Waals surface area contributed by atoms with E-state index in [1.165, 1.54) is 17.2 Å². The van der Waals surface area contributed by atoms with E-state index in [1.54, 1.807) is 25.3 Å². The van der Waals surface area contributed by atoms with Gasteiger partial charge in [0.1, 0.15) is 5.75 Å². The number of hydrogen-bond donors (Lipinski definition) is 3. The molecule has 1 aliphatic rings. The molecular weight excluding hydrogens is 458 g/mol. The summed E-state index contributed by atoms with van der Waals surface area (Å²) in [6.07, 6.45) is 1.98. The maximum atomic E-state index is 12.2. The fourth-order valence-electron chi connectivity index (χ4n) is 3.77. The van der Waals surface area contributed by atoms with Crippen molar-refractivity contribution in [3.05, 3.63) is 53.2 Å². The molecule has 34 heavy (non-hydrogen) atoms. The Hall–Kier alpha value is -3.77. The average Bonchev–Trinajstić information content (AvgIpc) is 2.78. The summed E-state index contributed by atoms with van der Waals surface area (Å²) in [6.45, 7) is 1.77. The summed E-state index contributed by atoms with van der Waals surface area (Å²) in [7, 11) is 0.0953. The molecule has 1 aliphatic heterocycles. The number of sulfone groups is 1. The van der Waals surface area contributed by atoms with Crippen molar-refractivity contribution in [3.8, 4) is 5.75 Å². The van der Waals surface area contributed by atoms with Gasteiger partial charge in [0.15, 0.2) is 21.3 Å². The van der Waals surface area contributed by atoms with Gasteiger partial charge in [-0.15, -0.1) is 10.2 Å². The molecule has 0 saturated heterocycles. The molecule has 3 aromatic rings. The fraction of sp³-hybridized carbons (Fsp3) is 0.273. The molecule has 0 spiro atoms. The molecule has 178 valence electrons. The summed E-state index contributed by atoms with van der Waals surface area (Å²) in [4.78, 5) is 18.6. The predicted molar refractivity (Wildman–Crippen MR) is 127 cm³/mol. The topological polar surface area (TPSA) is 152 Å². The summed E-state index contributed by atoms with van der Waals surface area (Å²) >= 11 is 0. The van der Waals surface area contributed by atoms with Crippen molar-refractivity contribution in [2.45, 2.75) is 17.9 Å². The highest BCUT2D eigenvalue weighted by Crippen LogP contribution is 2.33. The normalized spacial score (nSPS) is 13.7. The number of nitrogens with two attached hydrogens (primary N) is 1. The lowest BCUT2D eigenvalue weighted by Gasteiger charge is -2.26. The summed E-state index contributed by atoms with van der Waals surface area (Å²) in [5.74, 6) is -0.204. The van der Waals surface area contributed by atoms with Gasteiger partial charge < -0.3 is 26.0 Å². The van der Waals surface area contributed by atoms with Crippen molar-refractivity contribution in [1.29, 1.82) is 0 Å². The third-order valence-electron chi connectivity index (χ3n) is 5.43. The molecule has 0 unspecified atom stereocenters. The third kappa shape index (κ3) is 4.92. The number of nitrogens with one attached hydrogen (secondary N) is 2. The van der Waals surface area contributed by atoms with Crippen LogP contribution in [-0.2, 0) is 22.8 Å². The molecule has 4 N–H and O–H groups in total. The van der Waals surface area contributed by atoms with Gasteiger partial charge >= 0.3 is 0 Å². The number of amides is 1. The monoisotopic (exact) mass is 483 g/mol. The van der Waals surface area contributed by atoms with E-state index >= 15 is 0 Å². The van der Waals surface area contributed by atoms with Crippen LogP contribution in [0.2, 0.25) is 0 Å². The second-order valence-electron chi connectivity index (χ2n) is 8.02. The zero-order chi connectivity index (χ0) is 24.5. The summed E-state index contributed by atoms with van der Waals surface area (Å²) < 4.78 is 29.9. The summed E-state index contributed by atoms with van der Waals surface area (Å²) in [5.41, 5.74) is 8.45. The van der Waals surface area contributed by atoms with E-state index in [0.717, 1.165) is 25.8 Å². The van der Waals surface area contributed by atoms with E-state index in [9.17, 15) is 13.2 Å². The highest BCUT2D eigenvalue weighted by molar-refractivity contribution is 7.90. The number of anilines is 4. The minimum absolute atomic E-state index is 0.0281. The molecule has 0 saturated carbocycles. The number of carbonyl (C=O) groups excluding carboxylic acids is 1. The fourth-order valence-corrected chi connectivity index (χ4v) is 4.61. The van der Waals surface area contributed by atoms with E-state index in [1.807, 2.05) is 12.1 Å². The number of benzene rings is 2. The molecule has 11 nitrogen and oxygen atoms in total. The Bertz CT molecular complexity index is 1360. The minimum atomic E-state index is -3.55. The van der Waals surface area contributed by atoms with E-state index in [2.05, 4.69) is 37.8 Å². The van der Waals surface area contributed by atoms with Gasteiger partial charge in [-0.2, -0.15) is 4.98 Å². The van der Waals surface area contributed by atoms with Gasteiger partial charge in [-0.3, -0.25) is 4.79 Å². The molecule has 2 heterocycles. The first-order chi connectivity index (χ1) is 16.2. The maximum Gasteiger partial charge on any atom is 0.273 e. The van der Waals surface area contributed by atoms with Crippen LogP contribution >= 0.6 is 0 Å². The number of nitrogens with zero attached hydrogens (tertiary/aromatic N) is 4. The number of methoxy groups -OCH3 is 1. The van der Waals surface area contributed by atoms with Crippen molar-refractivity contribution >= 4 is 38.9 Å². The average molecular weight is 484 g/mol. The number of rotatable bonds is 7. The Balaban J connectivity index is 1.71. The third-order valence-corrected chi connectivity index (χ3v) is 6.59. The van der Waals surface area contributed by atoms with Crippen LogP contribution in [0.3, 0.4) is 0 Å². The lowest BCUT2D eigenvalue weighted by Crippen LogP contribution is -2.26. The number of fused-ring (bicyclic) bond motifs is 1. The van der Waals surface area contributed by atoms with Crippen LogP contribution < -0.4 is 21.1 Å². The Morgan fingerprint density at radius 3 is 2.59 bits per heavy atom. The first-order valence-corrected chi connectivity index (χ1v) is 12.3. The van der Waals surface area contributed by atoms with Crippen LogP contribution in [-0.4, -0.2) is 61.4 Å². The molecule has 1 aromatic heterocycles. The lowest BCUT2D eigenvalue weighted by molar-refractivity contribution is 0.0995. The molecule has 4 rings (SSSR count). The van der Waals surface area contributed by atoms with Crippen molar-refractivity contribution < 1.29 is 17.9 Å². The van der Waals surface area contributed by atoms with Crippen LogP contribution in [0.15, 0.2) is 41.3 Å². The van der Waals surface area contributed by atoms with Crippen molar-refractivity contribution in [1.82, 2.24) is 20.1 Å². The Morgan fingerprint density at radius 1 is 1.12 bits per heavy atom. The van der Waals surface area contributed by atoms with Crippen LogP contribution in [0.1, 0.15) is 21.6 Å². The van der Waals surface area contributed by atoms with Gasteiger partial charge in [-0.25, -0.2) is 8.42 Å². The standard InChI is InChI=1S/C22H25N7O4S/c1-29-9-8-13-10-16(17(33-2)11-14(13)12-29)25-22-26-21(19(20(23)30)27-28-22)24-15-6-4-5-7-18(15)34(3,31)32/h4-7,10-11H,8-9,12H2,1-3H3,(H2,23,30)(H2,24,25,26,28). The highest BCUT2D eigenvalue weighted by atomic mass is 32.2. The smallest absolute Gasteiger partial charge is 0.273 e. The number of primary amides is 1. The zero-order valence-corrected chi connectivity index (χ0v) is 19.8. The first-order valence-electron chi connectivity index (χ1n) is 10.4. The summed E-state index contributed by atoms with van der Waals surface area (Å²) in [5, 5.41) is 13.8. The van der Waals surface area contributed by atoms with Gasteiger partial charge in [0.05, 0.1) is 23.4 Å². The molecule has 0 aliphatic carbocycles. The van der Waals surface area contributed by atoms with Crippen molar-refractivity contribution in [3.63, 3.8) is 0 Å². The minimum Gasteiger partial charge on any atom is -0.495 e. The largest absolute Gasteiger partial charge is 0.495 e. The molecule has 0 radical (unpaired) electrons. The van der Waals surface area contributed by atoms with E-state index in [-0.39, 0.29) is 28.0 Å². The van der Waals surface area contributed by atoms with Crippen molar-refractivity contribution in [2.75, 3.05) is 37.6 Å². The SMILES string of the molecule is COc1cc2c(cc1Nc1nnc(C(N)=O)c(Nc3ccccc3S(C)(=O)=O)n1)CCN(C)C2. The maximum absolute atomic E-state index is 12.2. The predicted octanol–water partition coefficient (Wildman–Crippen LogP) is 1.86. The zero-order valence-electron chi connectivity index (χ0n) is 19.0. The number of hydrogen-bond acceptors (Lipinski definition) is 10. The van der Waals surface area contributed by atoms with Crippen LogP contribution in [0, 0.1) is 0 Å². The summed E-state index contributed by atoms with van der Waals surface area (Å²) in [6, 6.07) is 10.2. The van der Waals surface area contributed by atoms with E-state index in [4.69, 9.17) is 10.5 Å². The van der Waals surface area contributed by atoms with Gasteiger partial charge in [0.25, 0.3) is 5.91 Å². The second-order valence-corrected chi connectivity index (χ2v) is 10.0. The quantitative estimate of drug-likeness (QED) is 0.454.